The van der Waals surface area contributed by atoms with Crippen LogP contribution in [-0.2, 0) is 0 Å². The van der Waals surface area contributed by atoms with Gasteiger partial charge in [0.15, 0.2) is 11.6 Å². The van der Waals surface area contributed by atoms with Crippen LogP contribution in [0.4, 0.5) is 5.82 Å². The van der Waals surface area contributed by atoms with Crippen LogP contribution in [0.3, 0.4) is 0 Å². The average Bonchev–Trinajstić information content (AvgIpc) is 2.90. The number of ketones is 1. The van der Waals surface area contributed by atoms with Crippen LogP contribution in [0.25, 0.3) is 16.9 Å². The molecule has 0 spiro atoms. The molecule has 0 bridgehead atoms. The molecule has 0 amide bonds. The highest BCUT2D eigenvalue weighted by Gasteiger charge is 2.13. The minimum Gasteiger partial charge on any atom is -0.382 e. The second-order valence-electron chi connectivity index (χ2n) is 4.71. The molecule has 0 saturated carbocycles. The molecule has 0 aliphatic heterocycles. The Morgan fingerprint density at radius 3 is 2.57 bits per heavy atom. The number of nitrogens with two attached hydrogens (primary N) is 1. The van der Waals surface area contributed by atoms with Crippen molar-refractivity contribution in [3.8, 4) is 16.9 Å². The van der Waals surface area contributed by atoms with Crippen LogP contribution in [0.15, 0.2) is 54.6 Å². The lowest BCUT2D eigenvalue weighted by molar-refractivity contribution is 0.101. The molecule has 0 unspecified atom stereocenters. The van der Waals surface area contributed by atoms with E-state index in [0.29, 0.717) is 17.1 Å². The van der Waals surface area contributed by atoms with Crippen LogP contribution in [0.5, 0.6) is 0 Å². The molecule has 0 radical (unpaired) electrons. The van der Waals surface area contributed by atoms with Gasteiger partial charge in [0.2, 0.25) is 0 Å². The van der Waals surface area contributed by atoms with E-state index in [1.165, 1.54) is 11.6 Å². The quantitative estimate of drug-likeness (QED) is 0.747. The monoisotopic (exact) mass is 278 g/mol. The van der Waals surface area contributed by atoms with Crippen LogP contribution in [0.1, 0.15) is 17.3 Å². The second-order valence-corrected chi connectivity index (χ2v) is 4.71. The number of carbonyl (C=O) groups excluding carboxylic acids is 1. The number of benzene rings is 2. The molecular formula is C16H14N4O. The molecule has 0 saturated heterocycles. The summed E-state index contributed by atoms with van der Waals surface area (Å²) in [5.41, 5.74) is 9.01. The predicted molar refractivity (Wildman–Crippen MR) is 81.2 cm³/mol. The Kier molecular flexibility index (Phi) is 3.23. The third-order valence-corrected chi connectivity index (χ3v) is 3.25. The Hall–Kier alpha value is -2.95. The number of Topliss-reactive ketones (excluding diaryl/α,β-unsaturated/α-hetero) is 1. The van der Waals surface area contributed by atoms with Gasteiger partial charge in [-0.3, -0.25) is 4.79 Å². The lowest BCUT2D eigenvalue weighted by atomic mass is 10.1. The van der Waals surface area contributed by atoms with Gasteiger partial charge in [0.25, 0.3) is 0 Å². The number of aromatic nitrogens is 3. The number of hydrogen-bond donors (Lipinski definition) is 1. The van der Waals surface area contributed by atoms with E-state index >= 15 is 0 Å². The highest BCUT2D eigenvalue weighted by Crippen LogP contribution is 2.25. The molecule has 0 atom stereocenters. The van der Waals surface area contributed by atoms with Crippen molar-refractivity contribution in [2.45, 2.75) is 6.92 Å². The molecule has 3 aromatic rings. The summed E-state index contributed by atoms with van der Waals surface area (Å²) in [7, 11) is 0. The molecule has 104 valence electrons. The fraction of sp³-hybridized carbons (Fsp3) is 0.0625. The number of hydrogen-bond acceptors (Lipinski definition) is 4. The molecule has 1 aromatic heterocycles. The summed E-state index contributed by atoms with van der Waals surface area (Å²) >= 11 is 0. The van der Waals surface area contributed by atoms with E-state index in [2.05, 4.69) is 10.3 Å². The van der Waals surface area contributed by atoms with Crippen molar-refractivity contribution in [2.24, 2.45) is 0 Å². The molecule has 3 rings (SSSR count). The highest BCUT2D eigenvalue weighted by atomic mass is 16.1. The molecular weight excluding hydrogens is 264 g/mol. The fourth-order valence-electron chi connectivity index (χ4n) is 2.14. The Bertz CT molecular complexity index is 793. The van der Waals surface area contributed by atoms with E-state index in [-0.39, 0.29) is 5.78 Å². The zero-order valence-electron chi connectivity index (χ0n) is 11.5. The Morgan fingerprint density at radius 1 is 1.10 bits per heavy atom. The van der Waals surface area contributed by atoms with Gasteiger partial charge in [-0.15, -0.1) is 5.10 Å². The van der Waals surface area contributed by atoms with Gasteiger partial charge in [0.1, 0.15) is 5.69 Å². The van der Waals surface area contributed by atoms with E-state index < -0.39 is 0 Å². The molecule has 5 nitrogen and oxygen atoms in total. The number of carbonyl (C=O) groups is 1. The number of rotatable bonds is 3. The lowest BCUT2D eigenvalue weighted by Crippen LogP contribution is -2.03. The molecule has 0 aliphatic carbocycles. The van der Waals surface area contributed by atoms with Crippen molar-refractivity contribution in [3.63, 3.8) is 0 Å². The van der Waals surface area contributed by atoms with Gasteiger partial charge in [-0.05, 0) is 19.1 Å². The molecule has 21 heavy (non-hydrogen) atoms. The summed E-state index contributed by atoms with van der Waals surface area (Å²) < 4.78 is 1.54. The first kappa shape index (κ1) is 13.1. The predicted octanol–water partition coefficient (Wildman–Crippen LogP) is 2.72. The Labute approximate surface area is 122 Å². The molecule has 2 aromatic carbocycles. The first-order chi connectivity index (χ1) is 10.2. The maximum atomic E-state index is 11.5. The Balaban J connectivity index is 2.07. The summed E-state index contributed by atoms with van der Waals surface area (Å²) in [6.45, 7) is 1.53. The normalized spacial score (nSPS) is 10.5. The summed E-state index contributed by atoms with van der Waals surface area (Å²) in [6.07, 6.45) is 0. The molecule has 0 fully saturated rings. The van der Waals surface area contributed by atoms with Crippen molar-refractivity contribution < 1.29 is 4.79 Å². The van der Waals surface area contributed by atoms with Gasteiger partial charge in [0, 0.05) is 11.1 Å². The van der Waals surface area contributed by atoms with Crippen molar-refractivity contribution in [3.05, 3.63) is 60.2 Å². The summed E-state index contributed by atoms with van der Waals surface area (Å²) in [6, 6.07) is 16.8. The van der Waals surface area contributed by atoms with Crippen LogP contribution < -0.4 is 5.73 Å². The molecule has 0 aliphatic rings. The van der Waals surface area contributed by atoms with E-state index in [4.69, 9.17) is 5.73 Å². The standard InChI is InChI=1S/C16H14N4O/c1-11(21)13-8-5-9-14(10-13)20-16(17)15(18-19-20)12-6-3-2-4-7-12/h2-10H,17H2,1H3. The topological polar surface area (TPSA) is 73.8 Å². The number of nitrogen functional groups attached to an aromatic ring is 1. The minimum absolute atomic E-state index is 0.00109. The molecule has 2 N–H and O–H groups in total. The van der Waals surface area contributed by atoms with Gasteiger partial charge in [0.05, 0.1) is 5.69 Å². The van der Waals surface area contributed by atoms with Crippen LogP contribution in [-0.4, -0.2) is 20.8 Å². The average molecular weight is 278 g/mol. The van der Waals surface area contributed by atoms with Crippen molar-refractivity contribution in [2.75, 3.05) is 5.73 Å². The second kappa shape index (κ2) is 5.20. The van der Waals surface area contributed by atoms with Crippen LogP contribution in [0, 0.1) is 0 Å². The van der Waals surface area contributed by atoms with E-state index in [1.54, 1.807) is 18.2 Å². The van der Waals surface area contributed by atoms with E-state index in [9.17, 15) is 4.79 Å². The van der Waals surface area contributed by atoms with Gasteiger partial charge >= 0.3 is 0 Å². The SMILES string of the molecule is CC(=O)c1cccc(-n2nnc(-c3ccccc3)c2N)c1. The van der Waals surface area contributed by atoms with Gasteiger partial charge in [-0.1, -0.05) is 47.7 Å². The fourth-order valence-corrected chi connectivity index (χ4v) is 2.14. The molecule has 5 heteroatoms. The van der Waals surface area contributed by atoms with E-state index in [1.807, 2.05) is 36.4 Å². The van der Waals surface area contributed by atoms with Crippen LogP contribution >= 0.6 is 0 Å². The van der Waals surface area contributed by atoms with Gasteiger partial charge < -0.3 is 5.73 Å². The smallest absolute Gasteiger partial charge is 0.159 e. The summed E-state index contributed by atoms with van der Waals surface area (Å²) in [4.78, 5) is 11.5. The first-order valence-corrected chi connectivity index (χ1v) is 6.55. The lowest BCUT2D eigenvalue weighted by Gasteiger charge is -2.05. The van der Waals surface area contributed by atoms with Crippen molar-refractivity contribution in [1.29, 1.82) is 0 Å². The zero-order valence-corrected chi connectivity index (χ0v) is 11.5. The Morgan fingerprint density at radius 2 is 1.86 bits per heavy atom. The maximum absolute atomic E-state index is 11.5. The summed E-state index contributed by atoms with van der Waals surface area (Å²) in [5.74, 6) is 0.445. The van der Waals surface area contributed by atoms with E-state index in [0.717, 1.165) is 11.3 Å². The number of anilines is 1. The number of nitrogens with zero attached hydrogens (tertiary/aromatic N) is 3. The molecule has 1 heterocycles. The van der Waals surface area contributed by atoms with Crippen LogP contribution in [0.2, 0.25) is 0 Å². The highest BCUT2D eigenvalue weighted by molar-refractivity contribution is 5.94. The zero-order chi connectivity index (χ0) is 14.8. The van der Waals surface area contributed by atoms with Gasteiger partial charge in [-0.2, -0.15) is 4.68 Å². The van der Waals surface area contributed by atoms with Crippen molar-refractivity contribution >= 4 is 11.6 Å². The third-order valence-electron chi connectivity index (χ3n) is 3.25. The van der Waals surface area contributed by atoms with Gasteiger partial charge in [-0.25, -0.2) is 0 Å². The summed E-state index contributed by atoms with van der Waals surface area (Å²) in [5, 5.41) is 8.23. The van der Waals surface area contributed by atoms with Crippen molar-refractivity contribution in [1.82, 2.24) is 15.0 Å². The third kappa shape index (κ3) is 2.41. The minimum atomic E-state index is -0.00109. The maximum Gasteiger partial charge on any atom is 0.159 e. The first-order valence-electron chi connectivity index (χ1n) is 6.55. The largest absolute Gasteiger partial charge is 0.382 e.